The Bertz CT molecular complexity index is 436. The number of carbonyl (C=O) groups is 1. The van der Waals surface area contributed by atoms with Crippen LogP contribution in [0.2, 0.25) is 0 Å². The van der Waals surface area contributed by atoms with E-state index in [0.29, 0.717) is 19.0 Å². The Kier molecular flexibility index (Phi) is 7.72. The van der Waals surface area contributed by atoms with Crippen molar-refractivity contribution in [1.82, 2.24) is 10.6 Å². The third-order valence-corrected chi connectivity index (χ3v) is 3.75. The van der Waals surface area contributed by atoms with Crippen molar-refractivity contribution in [1.29, 1.82) is 0 Å². The van der Waals surface area contributed by atoms with Crippen molar-refractivity contribution in [3.8, 4) is 0 Å². The van der Waals surface area contributed by atoms with Gasteiger partial charge < -0.3 is 15.4 Å². The van der Waals surface area contributed by atoms with E-state index in [1.165, 1.54) is 11.1 Å². The second kappa shape index (κ2) is 9.03. The number of aryl methyl sites for hydroxylation is 1. The fraction of sp³-hybridized carbons (Fsp3) is 0.562. The lowest BCUT2D eigenvalue weighted by molar-refractivity contribution is -0.120. The SMILES string of the molecule is CNCC(=O)NCC1CCCOC1c1ccc(C)cc1.Cl. The van der Waals surface area contributed by atoms with Gasteiger partial charge in [0.25, 0.3) is 0 Å². The standard InChI is InChI=1S/C16H24N2O2.ClH/c1-12-5-7-13(8-6-12)16-14(4-3-9-20-16)10-18-15(19)11-17-2;/h5-8,14,16-17H,3-4,9-11H2,1-2H3,(H,18,19);1H. The number of hydrogen-bond acceptors (Lipinski definition) is 3. The molecule has 118 valence electrons. The molecule has 0 aliphatic carbocycles. The second-order valence-corrected chi connectivity index (χ2v) is 5.44. The highest BCUT2D eigenvalue weighted by Crippen LogP contribution is 2.33. The van der Waals surface area contributed by atoms with E-state index in [1.54, 1.807) is 7.05 Å². The molecule has 1 fully saturated rings. The first kappa shape index (κ1) is 18.0. The van der Waals surface area contributed by atoms with Gasteiger partial charge >= 0.3 is 0 Å². The maximum atomic E-state index is 11.6. The first-order chi connectivity index (χ1) is 9.70. The van der Waals surface area contributed by atoms with Crippen molar-refractivity contribution < 1.29 is 9.53 Å². The lowest BCUT2D eigenvalue weighted by Crippen LogP contribution is -2.38. The molecular weight excluding hydrogens is 288 g/mol. The molecule has 1 aliphatic rings. The quantitative estimate of drug-likeness (QED) is 0.876. The van der Waals surface area contributed by atoms with Crippen LogP contribution in [-0.4, -0.2) is 32.7 Å². The van der Waals surface area contributed by atoms with Crippen molar-refractivity contribution >= 4 is 18.3 Å². The van der Waals surface area contributed by atoms with Crippen molar-refractivity contribution in [2.24, 2.45) is 5.92 Å². The molecule has 2 unspecified atom stereocenters. The largest absolute Gasteiger partial charge is 0.373 e. The van der Waals surface area contributed by atoms with Crippen molar-refractivity contribution in [3.63, 3.8) is 0 Å². The van der Waals surface area contributed by atoms with Gasteiger partial charge in [0.1, 0.15) is 0 Å². The normalized spacial score (nSPS) is 21.4. The van der Waals surface area contributed by atoms with Gasteiger partial charge in [-0.05, 0) is 32.4 Å². The van der Waals surface area contributed by atoms with Gasteiger partial charge in [-0.1, -0.05) is 29.8 Å². The minimum atomic E-state index is 0. The molecule has 2 atom stereocenters. The van der Waals surface area contributed by atoms with Crippen LogP contribution in [0, 0.1) is 12.8 Å². The first-order valence-electron chi connectivity index (χ1n) is 7.30. The van der Waals surface area contributed by atoms with Crippen molar-refractivity contribution in [2.75, 3.05) is 26.7 Å². The zero-order valence-corrected chi connectivity index (χ0v) is 13.5. The van der Waals surface area contributed by atoms with Crippen LogP contribution in [0.3, 0.4) is 0 Å². The van der Waals surface area contributed by atoms with Crippen LogP contribution in [-0.2, 0) is 9.53 Å². The molecule has 0 aromatic heterocycles. The molecule has 21 heavy (non-hydrogen) atoms. The molecule has 1 aliphatic heterocycles. The Balaban J connectivity index is 0.00000220. The Morgan fingerprint density at radius 3 is 2.71 bits per heavy atom. The summed E-state index contributed by atoms with van der Waals surface area (Å²) in [6.45, 7) is 3.93. The fourth-order valence-electron chi connectivity index (χ4n) is 2.64. The summed E-state index contributed by atoms with van der Waals surface area (Å²) < 4.78 is 5.94. The monoisotopic (exact) mass is 312 g/mol. The van der Waals surface area contributed by atoms with Gasteiger partial charge in [-0.2, -0.15) is 0 Å². The topological polar surface area (TPSA) is 50.4 Å². The Morgan fingerprint density at radius 1 is 1.33 bits per heavy atom. The lowest BCUT2D eigenvalue weighted by Gasteiger charge is -2.32. The molecule has 5 heteroatoms. The summed E-state index contributed by atoms with van der Waals surface area (Å²) in [5.74, 6) is 0.396. The molecule has 1 aromatic rings. The Morgan fingerprint density at radius 2 is 2.05 bits per heavy atom. The summed E-state index contributed by atoms with van der Waals surface area (Å²) >= 11 is 0. The molecule has 1 aromatic carbocycles. The molecule has 1 amide bonds. The van der Waals surface area contributed by atoms with E-state index in [2.05, 4.69) is 41.8 Å². The summed E-state index contributed by atoms with van der Waals surface area (Å²) in [6.07, 6.45) is 2.26. The van der Waals surface area contributed by atoms with Gasteiger partial charge in [0, 0.05) is 19.1 Å². The predicted octanol–water partition coefficient (Wildman–Crippen LogP) is 2.22. The number of rotatable bonds is 5. The van der Waals surface area contributed by atoms with Crippen molar-refractivity contribution in [2.45, 2.75) is 25.9 Å². The summed E-state index contributed by atoms with van der Waals surface area (Å²) in [4.78, 5) is 11.6. The molecule has 2 N–H and O–H groups in total. The summed E-state index contributed by atoms with van der Waals surface area (Å²) in [7, 11) is 1.78. The molecule has 1 heterocycles. The van der Waals surface area contributed by atoms with Crippen LogP contribution in [0.15, 0.2) is 24.3 Å². The van der Waals surface area contributed by atoms with Gasteiger partial charge in [0.05, 0.1) is 12.6 Å². The van der Waals surface area contributed by atoms with Gasteiger partial charge in [0.15, 0.2) is 0 Å². The van der Waals surface area contributed by atoms with Gasteiger partial charge in [-0.25, -0.2) is 0 Å². The molecule has 1 saturated heterocycles. The summed E-state index contributed by atoms with van der Waals surface area (Å²) in [5.41, 5.74) is 2.46. The molecule has 2 rings (SSSR count). The van der Waals surface area contributed by atoms with E-state index in [4.69, 9.17) is 4.74 Å². The van der Waals surface area contributed by atoms with E-state index < -0.39 is 0 Å². The number of amides is 1. The van der Waals surface area contributed by atoms with Crippen LogP contribution >= 0.6 is 12.4 Å². The minimum Gasteiger partial charge on any atom is -0.373 e. The molecule has 0 saturated carbocycles. The number of halogens is 1. The molecule has 0 bridgehead atoms. The number of benzene rings is 1. The lowest BCUT2D eigenvalue weighted by atomic mass is 9.89. The molecular formula is C16H25ClN2O2. The van der Waals surface area contributed by atoms with Crippen LogP contribution in [0.4, 0.5) is 0 Å². The van der Waals surface area contributed by atoms with E-state index >= 15 is 0 Å². The number of hydrogen-bond donors (Lipinski definition) is 2. The van der Waals surface area contributed by atoms with Crippen LogP contribution in [0.1, 0.15) is 30.1 Å². The van der Waals surface area contributed by atoms with E-state index in [1.807, 2.05) is 0 Å². The molecule has 0 spiro atoms. The van der Waals surface area contributed by atoms with Crippen LogP contribution < -0.4 is 10.6 Å². The fourth-order valence-corrected chi connectivity index (χ4v) is 2.64. The average molecular weight is 313 g/mol. The van der Waals surface area contributed by atoms with Crippen LogP contribution in [0.25, 0.3) is 0 Å². The highest BCUT2D eigenvalue weighted by atomic mass is 35.5. The zero-order chi connectivity index (χ0) is 14.4. The summed E-state index contributed by atoms with van der Waals surface area (Å²) in [5, 5.41) is 5.84. The highest BCUT2D eigenvalue weighted by Gasteiger charge is 2.27. The van der Waals surface area contributed by atoms with E-state index in [0.717, 1.165) is 19.4 Å². The number of carbonyl (C=O) groups excluding carboxylic acids is 1. The Hall–Kier alpha value is -1.10. The maximum Gasteiger partial charge on any atom is 0.233 e. The highest BCUT2D eigenvalue weighted by molar-refractivity contribution is 5.85. The smallest absolute Gasteiger partial charge is 0.233 e. The van der Waals surface area contributed by atoms with Gasteiger partial charge in [-0.3, -0.25) is 4.79 Å². The second-order valence-electron chi connectivity index (χ2n) is 5.44. The predicted molar refractivity (Wildman–Crippen MR) is 86.8 cm³/mol. The number of nitrogens with one attached hydrogen (secondary N) is 2. The first-order valence-corrected chi connectivity index (χ1v) is 7.30. The van der Waals surface area contributed by atoms with Gasteiger partial charge in [0.2, 0.25) is 5.91 Å². The third kappa shape index (κ3) is 5.30. The molecule has 0 radical (unpaired) electrons. The maximum absolute atomic E-state index is 11.6. The third-order valence-electron chi connectivity index (χ3n) is 3.75. The minimum absolute atomic E-state index is 0. The van der Waals surface area contributed by atoms with E-state index in [-0.39, 0.29) is 24.4 Å². The van der Waals surface area contributed by atoms with Gasteiger partial charge in [-0.15, -0.1) is 12.4 Å². The van der Waals surface area contributed by atoms with E-state index in [9.17, 15) is 4.79 Å². The van der Waals surface area contributed by atoms with Crippen LogP contribution in [0.5, 0.6) is 0 Å². The molecule has 4 nitrogen and oxygen atoms in total. The van der Waals surface area contributed by atoms with Crippen molar-refractivity contribution in [3.05, 3.63) is 35.4 Å². The zero-order valence-electron chi connectivity index (χ0n) is 12.7. The number of ether oxygens (including phenoxy) is 1. The Labute approximate surface area is 133 Å². The number of likely N-dealkylation sites (N-methyl/N-ethyl adjacent to an activating group) is 1. The summed E-state index contributed by atoms with van der Waals surface area (Å²) in [6, 6.07) is 8.50. The average Bonchev–Trinajstić information content (AvgIpc) is 2.47.